The van der Waals surface area contributed by atoms with Crippen LogP contribution in [0.5, 0.6) is 5.75 Å². The van der Waals surface area contributed by atoms with Crippen molar-refractivity contribution in [2.45, 2.75) is 45.8 Å². The van der Waals surface area contributed by atoms with Gasteiger partial charge < -0.3 is 15.0 Å². The molecule has 0 saturated heterocycles. The van der Waals surface area contributed by atoms with Crippen molar-refractivity contribution in [2.24, 2.45) is 0 Å². The SMILES string of the molecule is Cc1cccc(CN(C(=O)COc2cccc3ccccc23)[C@H](Cc2ccccc2)C(=O)NC(C)C)c1. The summed E-state index contributed by atoms with van der Waals surface area (Å²) in [5.74, 6) is 0.229. The van der Waals surface area contributed by atoms with Gasteiger partial charge in [0.05, 0.1) is 0 Å². The number of ether oxygens (including phenoxy) is 1. The molecule has 190 valence electrons. The zero-order valence-electron chi connectivity index (χ0n) is 21.7. The van der Waals surface area contributed by atoms with Crippen LogP contribution in [0.15, 0.2) is 97.1 Å². The number of aryl methyl sites for hydroxylation is 1. The van der Waals surface area contributed by atoms with Gasteiger partial charge in [-0.1, -0.05) is 96.6 Å². The lowest BCUT2D eigenvalue weighted by Crippen LogP contribution is -2.52. The van der Waals surface area contributed by atoms with Crippen LogP contribution in [0.4, 0.5) is 0 Å². The maximum Gasteiger partial charge on any atom is 0.261 e. The minimum absolute atomic E-state index is 0.0476. The van der Waals surface area contributed by atoms with E-state index >= 15 is 0 Å². The lowest BCUT2D eigenvalue weighted by molar-refractivity contribution is -0.143. The second-order valence-electron chi connectivity index (χ2n) is 9.65. The van der Waals surface area contributed by atoms with Crippen LogP contribution in [-0.4, -0.2) is 35.4 Å². The van der Waals surface area contributed by atoms with Crippen molar-refractivity contribution in [3.63, 3.8) is 0 Å². The number of amides is 2. The van der Waals surface area contributed by atoms with E-state index in [1.807, 2.05) is 118 Å². The Kier molecular flexibility index (Phi) is 8.57. The summed E-state index contributed by atoms with van der Waals surface area (Å²) < 4.78 is 6.06. The molecule has 0 unspecified atom stereocenters. The van der Waals surface area contributed by atoms with Gasteiger partial charge in [-0.05, 0) is 43.4 Å². The van der Waals surface area contributed by atoms with Crippen molar-refractivity contribution >= 4 is 22.6 Å². The summed E-state index contributed by atoms with van der Waals surface area (Å²) in [5.41, 5.74) is 3.06. The summed E-state index contributed by atoms with van der Waals surface area (Å²) in [4.78, 5) is 28.9. The van der Waals surface area contributed by atoms with Gasteiger partial charge in [0.2, 0.25) is 5.91 Å². The number of carbonyl (C=O) groups excluding carboxylic acids is 2. The van der Waals surface area contributed by atoms with E-state index < -0.39 is 6.04 Å². The third-order valence-corrected chi connectivity index (χ3v) is 6.24. The number of hydrogen-bond donors (Lipinski definition) is 1. The van der Waals surface area contributed by atoms with E-state index in [1.165, 1.54) is 0 Å². The highest BCUT2D eigenvalue weighted by Gasteiger charge is 2.31. The van der Waals surface area contributed by atoms with Gasteiger partial charge in [0.15, 0.2) is 6.61 Å². The normalized spacial score (nSPS) is 11.8. The fourth-order valence-corrected chi connectivity index (χ4v) is 4.49. The van der Waals surface area contributed by atoms with E-state index in [-0.39, 0.29) is 24.5 Å². The zero-order valence-corrected chi connectivity index (χ0v) is 21.7. The fraction of sp³-hybridized carbons (Fsp3) is 0.250. The molecule has 2 amide bonds. The molecular weight excluding hydrogens is 460 g/mol. The molecule has 0 heterocycles. The van der Waals surface area contributed by atoms with E-state index in [0.29, 0.717) is 18.7 Å². The molecule has 1 N–H and O–H groups in total. The molecule has 4 aromatic carbocycles. The summed E-state index contributed by atoms with van der Waals surface area (Å²) >= 11 is 0. The topological polar surface area (TPSA) is 58.6 Å². The Hall–Kier alpha value is -4.12. The van der Waals surface area contributed by atoms with E-state index in [9.17, 15) is 9.59 Å². The molecule has 0 spiro atoms. The van der Waals surface area contributed by atoms with Crippen LogP contribution in [0.25, 0.3) is 10.8 Å². The van der Waals surface area contributed by atoms with Crippen molar-refractivity contribution in [3.8, 4) is 5.75 Å². The maximum atomic E-state index is 13.8. The van der Waals surface area contributed by atoms with E-state index in [2.05, 4.69) is 5.32 Å². The van der Waals surface area contributed by atoms with Crippen LogP contribution >= 0.6 is 0 Å². The molecule has 5 heteroatoms. The Morgan fingerprint density at radius 1 is 0.838 bits per heavy atom. The lowest BCUT2D eigenvalue weighted by atomic mass is 10.0. The molecule has 0 radical (unpaired) electrons. The highest BCUT2D eigenvalue weighted by molar-refractivity contribution is 5.90. The Labute approximate surface area is 219 Å². The van der Waals surface area contributed by atoms with Crippen LogP contribution < -0.4 is 10.1 Å². The second-order valence-corrected chi connectivity index (χ2v) is 9.65. The molecule has 0 aliphatic carbocycles. The highest BCUT2D eigenvalue weighted by Crippen LogP contribution is 2.25. The molecule has 0 fully saturated rings. The quantitative estimate of drug-likeness (QED) is 0.308. The van der Waals surface area contributed by atoms with Crippen LogP contribution in [-0.2, 0) is 22.6 Å². The number of fused-ring (bicyclic) bond motifs is 1. The first-order chi connectivity index (χ1) is 17.9. The molecule has 0 aliphatic rings. The van der Waals surface area contributed by atoms with E-state index in [4.69, 9.17) is 4.74 Å². The summed E-state index contributed by atoms with van der Waals surface area (Å²) in [6.45, 7) is 6.01. The monoisotopic (exact) mass is 494 g/mol. The minimum atomic E-state index is -0.686. The van der Waals surface area contributed by atoms with Crippen molar-refractivity contribution in [3.05, 3.63) is 114 Å². The molecule has 0 aliphatic heterocycles. The van der Waals surface area contributed by atoms with E-state index in [0.717, 1.165) is 27.5 Å². The summed E-state index contributed by atoms with van der Waals surface area (Å²) in [6, 6.07) is 30.8. The predicted octanol–water partition coefficient (Wildman–Crippen LogP) is 5.69. The molecule has 37 heavy (non-hydrogen) atoms. The molecular formula is C32H34N2O3. The summed E-state index contributed by atoms with van der Waals surface area (Å²) in [6.07, 6.45) is 0.408. The molecule has 4 rings (SSSR count). The standard InChI is InChI=1S/C32H34N2O3/c1-23(2)33-32(36)29(20-25-12-5-4-6-13-25)34(21-26-14-9-11-24(3)19-26)31(35)22-37-30-18-10-16-27-15-7-8-17-28(27)30/h4-19,23,29H,20-22H2,1-3H3,(H,33,36)/t29-/m1/s1. The Morgan fingerprint density at radius 3 is 2.27 bits per heavy atom. The summed E-state index contributed by atoms with van der Waals surface area (Å²) in [5, 5.41) is 5.01. The van der Waals surface area contributed by atoms with Gasteiger partial charge in [-0.3, -0.25) is 9.59 Å². The Bertz CT molecular complexity index is 1350. The predicted molar refractivity (Wildman–Crippen MR) is 148 cm³/mol. The van der Waals surface area contributed by atoms with E-state index in [1.54, 1.807) is 4.90 Å². The van der Waals surface area contributed by atoms with Crippen LogP contribution in [0, 0.1) is 6.92 Å². The van der Waals surface area contributed by atoms with Crippen LogP contribution in [0.1, 0.15) is 30.5 Å². The number of hydrogen-bond acceptors (Lipinski definition) is 3. The first-order valence-electron chi connectivity index (χ1n) is 12.7. The first kappa shape index (κ1) is 26.0. The van der Waals surface area contributed by atoms with Crippen molar-refractivity contribution in [1.29, 1.82) is 0 Å². The third-order valence-electron chi connectivity index (χ3n) is 6.24. The van der Waals surface area contributed by atoms with Crippen molar-refractivity contribution < 1.29 is 14.3 Å². The number of nitrogens with one attached hydrogen (secondary N) is 1. The lowest BCUT2D eigenvalue weighted by Gasteiger charge is -2.32. The highest BCUT2D eigenvalue weighted by atomic mass is 16.5. The molecule has 0 aromatic heterocycles. The fourth-order valence-electron chi connectivity index (χ4n) is 4.49. The molecule has 0 bridgehead atoms. The molecule has 4 aromatic rings. The maximum absolute atomic E-state index is 13.8. The van der Waals surface area contributed by atoms with Gasteiger partial charge in [-0.2, -0.15) is 0 Å². The van der Waals surface area contributed by atoms with Crippen LogP contribution in [0.3, 0.4) is 0 Å². The molecule has 0 saturated carbocycles. The number of rotatable bonds is 10. The third kappa shape index (κ3) is 6.98. The van der Waals surface area contributed by atoms with Gasteiger partial charge in [-0.25, -0.2) is 0 Å². The van der Waals surface area contributed by atoms with Gasteiger partial charge in [0, 0.05) is 24.4 Å². The van der Waals surface area contributed by atoms with Gasteiger partial charge in [0.1, 0.15) is 11.8 Å². The minimum Gasteiger partial charge on any atom is -0.483 e. The average Bonchev–Trinajstić information content (AvgIpc) is 2.89. The zero-order chi connectivity index (χ0) is 26.2. The van der Waals surface area contributed by atoms with Crippen molar-refractivity contribution in [2.75, 3.05) is 6.61 Å². The molecule has 1 atom stereocenters. The Balaban J connectivity index is 1.64. The average molecular weight is 495 g/mol. The van der Waals surface area contributed by atoms with Crippen LogP contribution in [0.2, 0.25) is 0 Å². The first-order valence-corrected chi connectivity index (χ1v) is 12.7. The molecule has 5 nitrogen and oxygen atoms in total. The Morgan fingerprint density at radius 2 is 1.51 bits per heavy atom. The number of benzene rings is 4. The van der Waals surface area contributed by atoms with Gasteiger partial charge in [-0.15, -0.1) is 0 Å². The van der Waals surface area contributed by atoms with Crippen molar-refractivity contribution in [1.82, 2.24) is 10.2 Å². The largest absolute Gasteiger partial charge is 0.483 e. The summed E-state index contributed by atoms with van der Waals surface area (Å²) in [7, 11) is 0. The van der Waals surface area contributed by atoms with Gasteiger partial charge >= 0.3 is 0 Å². The number of nitrogens with zero attached hydrogens (tertiary/aromatic N) is 1. The second kappa shape index (κ2) is 12.2. The van der Waals surface area contributed by atoms with Gasteiger partial charge in [0.25, 0.3) is 5.91 Å². The number of carbonyl (C=O) groups is 2. The smallest absolute Gasteiger partial charge is 0.261 e.